The van der Waals surface area contributed by atoms with Crippen LogP contribution in [0.25, 0.3) is 0 Å². The average Bonchev–Trinajstić information content (AvgIpc) is 3.11. The molecule has 21 heavy (non-hydrogen) atoms. The molecule has 0 atom stereocenters. The van der Waals surface area contributed by atoms with Crippen LogP contribution < -0.4 is 10.6 Å². The van der Waals surface area contributed by atoms with E-state index in [1.165, 1.54) is 17.7 Å². The van der Waals surface area contributed by atoms with Gasteiger partial charge in [0.1, 0.15) is 5.84 Å². The van der Waals surface area contributed by atoms with Crippen molar-refractivity contribution in [1.29, 1.82) is 5.41 Å². The van der Waals surface area contributed by atoms with Crippen molar-refractivity contribution in [2.75, 3.05) is 4.90 Å². The SMILES string of the molecule is Cc1cc(N(Cc2cccs2)C2CC2)c(C(=N)N)c(C)n1. The van der Waals surface area contributed by atoms with Crippen LogP contribution in [0, 0.1) is 19.3 Å². The first kappa shape index (κ1) is 14.1. The number of amidine groups is 1. The lowest BCUT2D eigenvalue weighted by atomic mass is 10.1. The van der Waals surface area contributed by atoms with Crippen molar-refractivity contribution in [2.45, 2.75) is 39.3 Å². The highest BCUT2D eigenvalue weighted by Crippen LogP contribution is 2.36. The lowest BCUT2D eigenvalue weighted by Gasteiger charge is -2.27. The minimum absolute atomic E-state index is 0.104. The summed E-state index contributed by atoms with van der Waals surface area (Å²) in [5, 5.41) is 10.0. The summed E-state index contributed by atoms with van der Waals surface area (Å²) in [7, 11) is 0. The Bertz CT molecular complexity index is 659. The van der Waals surface area contributed by atoms with E-state index < -0.39 is 0 Å². The van der Waals surface area contributed by atoms with Gasteiger partial charge in [0.25, 0.3) is 0 Å². The molecular formula is C16H20N4S. The molecule has 0 amide bonds. The van der Waals surface area contributed by atoms with Gasteiger partial charge in [-0.05, 0) is 44.2 Å². The van der Waals surface area contributed by atoms with Gasteiger partial charge < -0.3 is 10.6 Å². The molecule has 110 valence electrons. The zero-order chi connectivity index (χ0) is 15.0. The summed E-state index contributed by atoms with van der Waals surface area (Å²) in [5.74, 6) is 0.104. The van der Waals surface area contributed by atoms with Crippen molar-refractivity contribution in [1.82, 2.24) is 4.98 Å². The minimum atomic E-state index is 0.104. The number of hydrogen-bond donors (Lipinski definition) is 2. The molecular weight excluding hydrogens is 280 g/mol. The first-order valence-corrected chi connectivity index (χ1v) is 8.06. The Hall–Kier alpha value is -1.88. The number of aromatic nitrogens is 1. The quantitative estimate of drug-likeness (QED) is 0.658. The second-order valence-electron chi connectivity index (χ2n) is 5.60. The number of anilines is 1. The van der Waals surface area contributed by atoms with Gasteiger partial charge in [-0.1, -0.05) is 6.07 Å². The predicted molar refractivity (Wildman–Crippen MR) is 88.3 cm³/mol. The van der Waals surface area contributed by atoms with E-state index in [2.05, 4.69) is 33.5 Å². The first-order chi connectivity index (χ1) is 10.1. The lowest BCUT2D eigenvalue weighted by Crippen LogP contribution is -2.29. The maximum absolute atomic E-state index is 7.91. The fourth-order valence-corrected chi connectivity index (χ4v) is 3.44. The summed E-state index contributed by atoms with van der Waals surface area (Å²) in [4.78, 5) is 8.20. The zero-order valence-corrected chi connectivity index (χ0v) is 13.2. The van der Waals surface area contributed by atoms with E-state index in [-0.39, 0.29) is 5.84 Å². The van der Waals surface area contributed by atoms with E-state index in [1.54, 1.807) is 11.3 Å². The standard InChI is InChI=1S/C16H20N4S/c1-10-8-14(15(16(17)18)11(2)19-10)20(12-5-6-12)9-13-4-3-7-21-13/h3-4,7-8,12H,5-6,9H2,1-2H3,(H3,17,18). The number of rotatable bonds is 5. The van der Waals surface area contributed by atoms with E-state index >= 15 is 0 Å². The van der Waals surface area contributed by atoms with Crippen LogP contribution in [0.15, 0.2) is 23.6 Å². The van der Waals surface area contributed by atoms with Gasteiger partial charge in [0.2, 0.25) is 0 Å². The number of nitrogens with two attached hydrogens (primary N) is 1. The molecule has 3 rings (SSSR count). The maximum atomic E-state index is 7.91. The van der Waals surface area contributed by atoms with Crippen LogP contribution in [0.5, 0.6) is 0 Å². The van der Waals surface area contributed by atoms with Gasteiger partial charge in [-0.2, -0.15) is 0 Å². The minimum Gasteiger partial charge on any atom is -0.384 e. The van der Waals surface area contributed by atoms with Crippen molar-refractivity contribution >= 4 is 22.9 Å². The van der Waals surface area contributed by atoms with Crippen molar-refractivity contribution in [3.63, 3.8) is 0 Å². The summed E-state index contributed by atoms with van der Waals surface area (Å²) in [6, 6.07) is 6.87. The number of thiophene rings is 1. The Morgan fingerprint density at radius 2 is 2.24 bits per heavy atom. The molecule has 1 fully saturated rings. The third-order valence-electron chi connectivity index (χ3n) is 3.78. The highest BCUT2D eigenvalue weighted by atomic mass is 32.1. The second-order valence-corrected chi connectivity index (χ2v) is 6.63. The molecule has 2 heterocycles. The zero-order valence-electron chi connectivity index (χ0n) is 12.4. The van der Waals surface area contributed by atoms with Gasteiger partial charge in [0.05, 0.1) is 23.5 Å². The van der Waals surface area contributed by atoms with Crippen LogP contribution in [0.4, 0.5) is 5.69 Å². The summed E-state index contributed by atoms with van der Waals surface area (Å²) >= 11 is 1.77. The van der Waals surface area contributed by atoms with E-state index in [0.29, 0.717) is 6.04 Å². The van der Waals surface area contributed by atoms with Crippen molar-refractivity contribution in [3.8, 4) is 0 Å². The molecule has 0 aromatic carbocycles. The van der Waals surface area contributed by atoms with E-state index in [4.69, 9.17) is 11.1 Å². The van der Waals surface area contributed by atoms with Gasteiger partial charge in [0, 0.05) is 16.6 Å². The fraction of sp³-hybridized carbons (Fsp3) is 0.375. The van der Waals surface area contributed by atoms with Gasteiger partial charge in [-0.15, -0.1) is 11.3 Å². The van der Waals surface area contributed by atoms with Crippen molar-refractivity contribution in [3.05, 3.63) is 45.4 Å². The van der Waals surface area contributed by atoms with Crippen LogP contribution >= 0.6 is 11.3 Å². The Labute approximate surface area is 129 Å². The number of nitrogens with one attached hydrogen (secondary N) is 1. The normalized spacial score (nSPS) is 14.2. The summed E-state index contributed by atoms with van der Waals surface area (Å²) < 4.78 is 0. The van der Waals surface area contributed by atoms with Crippen LogP contribution in [0.2, 0.25) is 0 Å². The molecule has 4 nitrogen and oxygen atoms in total. The van der Waals surface area contributed by atoms with Gasteiger partial charge in [-0.3, -0.25) is 10.4 Å². The molecule has 5 heteroatoms. The molecule has 0 aliphatic heterocycles. The van der Waals surface area contributed by atoms with E-state index in [1.807, 2.05) is 13.8 Å². The highest BCUT2D eigenvalue weighted by Gasteiger charge is 2.31. The first-order valence-electron chi connectivity index (χ1n) is 7.18. The smallest absolute Gasteiger partial charge is 0.126 e. The fourth-order valence-electron chi connectivity index (χ4n) is 2.74. The molecule has 0 radical (unpaired) electrons. The third kappa shape index (κ3) is 2.93. The molecule has 3 N–H and O–H groups in total. The van der Waals surface area contributed by atoms with Crippen molar-refractivity contribution < 1.29 is 0 Å². The average molecular weight is 300 g/mol. The lowest BCUT2D eigenvalue weighted by molar-refractivity contribution is 0.798. The van der Waals surface area contributed by atoms with Gasteiger partial charge in [-0.25, -0.2) is 0 Å². The topological polar surface area (TPSA) is 66.0 Å². The van der Waals surface area contributed by atoms with Crippen LogP contribution in [-0.2, 0) is 6.54 Å². The van der Waals surface area contributed by atoms with Crippen LogP contribution in [0.1, 0.15) is 34.7 Å². The van der Waals surface area contributed by atoms with Gasteiger partial charge >= 0.3 is 0 Å². The molecule has 1 aliphatic carbocycles. The number of pyridine rings is 1. The maximum Gasteiger partial charge on any atom is 0.126 e. The Morgan fingerprint density at radius 1 is 1.48 bits per heavy atom. The third-order valence-corrected chi connectivity index (χ3v) is 4.64. The molecule has 0 spiro atoms. The Kier molecular flexibility index (Phi) is 3.68. The number of hydrogen-bond acceptors (Lipinski definition) is 4. The molecule has 1 aliphatic rings. The Morgan fingerprint density at radius 3 is 2.81 bits per heavy atom. The van der Waals surface area contributed by atoms with Crippen LogP contribution in [-0.4, -0.2) is 16.9 Å². The molecule has 2 aromatic rings. The molecule has 0 bridgehead atoms. The Balaban J connectivity index is 2.04. The summed E-state index contributed by atoms with van der Waals surface area (Å²) in [6.07, 6.45) is 2.42. The predicted octanol–water partition coefficient (Wildman–Crippen LogP) is 3.21. The van der Waals surface area contributed by atoms with Crippen molar-refractivity contribution in [2.24, 2.45) is 5.73 Å². The number of nitrogen functional groups attached to an aromatic ring is 1. The number of nitrogens with zero attached hydrogens (tertiary/aromatic N) is 2. The van der Waals surface area contributed by atoms with E-state index in [9.17, 15) is 0 Å². The van der Waals surface area contributed by atoms with Gasteiger partial charge in [0.15, 0.2) is 0 Å². The van der Waals surface area contributed by atoms with Crippen LogP contribution in [0.3, 0.4) is 0 Å². The second kappa shape index (κ2) is 5.48. The molecule has 0 saturated heterocycles. The monoisotopic (exact) mass is 300 g/mol. The molecule has 2 aromatic heterocycles. The largest absolute Gasteiger partial charge is 0.384 e. The summed E-state index contributed by atoms with van der Waals surface area (Å²) in [5.41, 5.74) is 9.47. The summed E-state index contributed by atoms with van der Waals surface area (Å²) in [6.45, 7) is 4.81. The number of aryl methyl sites for hydroxylation is 2. The molecule has 0 unspecified atom stereocenters. The molecule has 1 saturated carbocycles. The van der Waals surface area contributed by atoms with E-state index in [0.717, 1.165) is 29.2 Å². The highest BCUT2D eigenvalue weighted by molar-refractivity contribution is 7.09.